The Kier molecular flexibility index (Phi) is 4.37. The highest BCUT2D eigenvalue weighted by atomic mass is 16.2. The average molecular weight is 286 g/mol. The monoisotopic (exact) mass is 286 g/mol. The first-order valence-electron chi connectivity index (χ1n) is 6.69. The molecule has 2 rings (SSSR count). The normalized spacial score (nSPS) is 10.5. The predicted octanol–water partition coefficient (Wildman–Crippen LogP) is 2.11. The molecule has 0 saturated carbocycles. The second kappa shape index (κ2) is 6.21. The number of H-pyrrole nitrogens is 1. The van der Waals surface area contributed by atoms with E-state index in [0.29, 0.717) is 22.6 Å². The molecule has 1 heterocycles. The molecular weight excluding hydrogens is 268 g/mol. The van der Waals surface area contributed by atoms with E-state index in [0.717, 1.165) is 0 Å². The van der Waals surface area contributed by atoms with Crippen molar-refractivity contribution < 1.29 is 9.59 Å². The second-order valence-electron chi connectivity index (χ2n) is 5.04. The molecule has 6 heteroatoms. The van der Waals surface area contributed by atoms with Crippen LogP contribution in [0.2, 0.25) is 0 Å². The summed E-state index contributed by atoms with van der Waals surface area (Å²) in [4.78, 5) is 30.6. The standard InChI is InChI=1S/C15H18N4O2/c1-9(2)18-14(20)11-4-6-12(7-5-11)19-15(21)13-10(3)16-8-17-13/h4-9H,1-3H3,(H,16,17)(H,18,20)(H,19,21). The number of nitrogens with one attached hydrogen (secondary N) is 3. The summed E-state index contributed by atoms with van der Waals surface area (Å²) in [6.07, 6.45) is 1.48. The molecule has 110 valence electrons. The van der Waals surface area contributed by atoms with Crippen LogP contribution in [0.5, 0.6) is 0 Å². The van der Waals surface area contributed by atoms with E-state index in [-0.39, 0.29) is 17.9 Å². The lowest BCUT2D eigenvalue weighted by Gasteiger charge is -2.09. The summed E-state index contributed by atoms with van der Waals surface area (Å²) in [5.41, 5.74) is 2.23. The Morgan fingerprint density at radius 2 is 1.81 bits per heavy atom. The van der Waals surface area contributed by atoms with Gasteiger partial charge in [0.2, 0.25) is 0 Å². The Labute approximate surface area is 123 Å². The van der Waals surface area contributed by atoms with Crippen LogP contribution in [0.15, 0.2) is 30.6 Å². The van der Waals surface area contributed by atoms with E-state index in [1.54, 1.807) is 31.2 Å². The van der Waals surface area contributed by atoms with Crippen molar-refractivity contribution >= 4 is 17.5 Å². The second-order valence-corrected chi connectivity index (χ2v) is 5.04. The molecule has 0 atom stereocenters. The fourth-order valence-corrected chi connectivity index (χ4v) is 1.83. The minimum atomic E-state index is -0.284. The minimum Gasteiger partial charge on any atom is -0.350 e. The molecule has 0 aliphatic rings. The summed E-state index contributed by atoms with van der Waals surface area (Å²) in [7, 11) is 0. The highest BCUT2D eigenvalue weighted by molar-refractivity contribution is 6.04. The van der Waals surface area contributed by atoms with Crippen molar-refractivity contribution in [2.45, 2.75) is 26.8 Å². The number of aromatic nitrogens is 2. The third-order valence-corrected chi connectivity index (χ3v) is 2.87. The fourth-order valence-electron chi connectivity index (χ4n) is 1.83. The number of carbonyl (C=O) groups is 2. The quantitative estimate of drug-likeness (QED) is 0.804. The summed E-state index contributed by atoms with van der Waals surface area (Å²) >= 11 is 0. The lowest BCUT2D eigenvalue weighted by molar-refractivity contribution is 0.0942. The summed E-state index contributed by atoms with van der Waals surface area (Å²) in [6.45, 7) is 5.58. The van der Waals surface area contributed by atoms with Crippen LogP contribution in [-0.2, 0) is 0 Å². The molecule has 2 aromatic rings. The third-order valence-electron chi connectivity index (χ3n) is 2.87. The number of imidazole rings is 1. The molecular formula is C15H18N4O2. The van der Waals surface area contributed by atoms with Gasteiger partial charge < -0.3 is 15.6 Å². The molecule has 21 heavy (non-hydrogen) atoms. The molecule has 1 aromatic heterocycles. The van der Waals surface area contributed by atoms with Crippen LogP contribution in [0.1, 0.15) is 40.4 Å². The van der Waals surface area contributed by atoms with E-state index in [9.17, 15) is 9.59 Å². The van der Waals surface area contributed by atoms with Crippen molar-refractivity contribution in [1.29, 1.82) is 0 Å². The molecule has 0 aliphatic carbocycles. The highest BCUT2D eigenvalue weighted by Gasteiger charge is 2.12. The summed E-state index contributed by atoms with van der Waals surface area (Å²) in [5.74, 6) is -0.417. The molecule has 3 N–H and O–H groups in total. The number of hydrogen-bond acceptors (Lipinski definition) is 3. The molecule has 0 fully saturated rings. The van der Waals surface area contributed by atoms with Crippen LogP contribution in [0.4, 0.5) is 5.69 Å². The number of anilines is 1. The predicted molar refractivity (Wildman–Crippen MR) is 80.3 cm³/mol. The fraction of sp³-hybridized carbons (Fsp3) is 0.267. The SMILES string of the molecule is Cc1[nH]cnc1C(=O)Nc1ccc(C(=O)NC(C)C)cc1. The van der Waals surface area contributed by atoms with Crippen molar-refractivity contribution in [3.63, 3.8) is 0 Å². The third kappa shape index (κ3) is 3.68. The van der Waals surface area contributed by atoms with Crippen LogP contribution in [0, 0.1) is 6.92 Å². The maximum absolute atomic E-state index is 12.0. The smallest absolute Gasteiger partial charge is 0.276 e. The number of benzene rings is 1. The summed E-state index contributed by atoms with van der Waals surface area (Å²) in [6, 6.07) is 6.80. The Bertz CT molecular complexity index is 644. The highest BCUT2D eigenvalue weighted by Crippen LogP contribution is 2.12. The van der Waals surface area contributed by atoms with E-state index in [1.165, 1.54) is 6.33 Å². The zero-order valence-corrected chi connectivity index (χ0v) is 12.2. The Balaban J connectivity index is 2.04. The number of aromatic amines is 1. The number of aryl methyl sites for hydroxylation is 1. The van der Waals surface area contributed by atoms with Gasteiger partial charge in [-0.15, -0.1) is 0 Å². The van der Waals surface area contributed by atoms with Crippen LogP contribution in [-0.4, -0.2) is 27.8 Å². The maximum atomic E-state index is 12.0. The van der Waals surface area contributed by atoms with Gasteiger partial charge in [-0.2, -0.15) is 0 Å². The van der Waals surface area contributed by atoms with Crippen LogP contribution in [0.3, 0.4) is 0 Å². The first kappa shape index (κ1) is 14.8. The van der Waals surface area contributed by atoms with Crippen molar-refractivity contribution in [2.24, 2.45) is 0 Å². The van der Waals surface area contributed by atoms with Crippen molar-refractivity contribution in [3.05, 3.63) is 47.5 Å². The molecule has 0 spiro atoms. The number of carbonyl (C=O) groups excluding carboxylic acids is 2. The Morgan fingerprint density at radius 1 is 1.14 bits per heavy atom. The molecule has 6 nitrogen and oxygen atoms in total. The zero-order valence-electron chi connectivity index (χ0n) is 12.2. The molecule has 0 bridgehead atoms. The number of nitrogens with zero attached hydrogens (tertiary/aromatic N) is 1. The topological polar surface area (TPSA) is 86.9 Å². The van der Waals surface area contributed by atoms with Crippen LogP contribution < -0.4 is 10.6 Å². The number of amides is 2. The van der Waals surface area contributed by atoms with Gasteiger partial charge in [-0.25, -0.2) is 4.98 Å². The van der Waals surface area contributed by atoms with Crippen molar-refractivity contribution in [1.82, 2.24) is 15.3 Å². The molecule has 0 aliphatic heterocycles. The van der Waals surface area contributed by atoms with Gasteiger partial charge in [-0.05, 0) is 45.0 Å². The van der Waals surface area contributed by atoms with Crippen molar-refractivity contribution in [2.75, 3.05) is 5.32 Å². The van der Waals surface area contributed by atoms with Crippen molar-refractivity contribution in [3.8, 4) is 0 Å². The van der Waals surface area contributed by atoms with Gasteiger partial charge >= 0.3 is 0 Å². The summed E-state index contributed by atoms with van der Waals surface area (Å²) in [5, 5.41) is 5.55. The molecule has 1 aromatic carbocycles. The van der Waals surface area contributed by atoms with E-state index >= 15 is 0 Å². The van der Waals surface area contributed by atoms with Crippen LogP contribution >= 0.6 is 0 Å². The van der Waals surface area contributed by atoms with Gasteiger partial charge in [-0.1, -0.05) is 0 Å². The van der Waals surface area contributed by atoms with Gasteiger partial charge in [0.1, 0.15) is 5.69 Å². The molecule has 2 amide bonds. The largest absolute Gasteiger partial charge is 0.350 e. The van der Waals surface area contributed by atoms with Gasteiger partial charge in [0, 0.05) is 23.0 Å². The first-order chi connectivity index (χ1) is 9.97. The molecule has 0 unspecified atom stereocenters. The lowest BCUT2D eigenvalue weighted by Crippen LogP contribution is -2.30. The molecule has 0 radical (unpaired) electrons. The van der Waals surface area contributed by atoms with Gasteiger partial charge in [0.15, 0.2) is 0 Å². The zero-order chi connectivity index (χ0) is 15.4. The van der Waals surface area contributed by atoms with Crippen LogP contribution in [0.25, 0.3) is 0 Å². The van der Waals surface area contributed by atoms with Gasteiger partial charge in [0.05, 0.1) is 6.33 Å². The Hall–Kier alpha value is -2.63. The van der Waals surface area contributed by atoms with E-state index in [2.05, 4.69) is 20.6 Å². The van der Waals surface area contributed by atoms with E-state index in [1.807, 2.05) is 13.8 Å². The van der Waals surface area contributed by atoms with Gasteiger partial charge in [-0.3, -0.25) is 9.59 Å². The first-order valence-corrected chi connectivity index (χ1v) is 6.69. The summed E-state index contributed by atoms with van der Waals surface area (Å²) < 4.78 is 0. The lowest BCUT2D eigenvalue weighted by atomic mass is 10.2. The molecule has 0 saturated heterocycles. The number of hydrogen-bond donors (Lipinski definition) is 3. The van der Waals surface area contributed by atoms with Gasteiger partial charge in [0.25, 0.3) is 11.8 Å². The Morgan fingerprint density at radius 3 is 2.33 bits per heavy atom. The number of rotatable bonds is 4. The van der Waals surface area contributed by atoms with E-state index in [4.69, 9.17) is 0 Å². The average Bonchev–Trinajstić information content (AvgIpc) is 2.85. The maximum Gasteiger partial charge on any atom is 0.276 e. The van der Waals surface area contributed by atoms with E-state index < -0.39 is 0 Å². The minimum absolute atomic E-state index is 0.0829.